The Labute approximate surface area is 152 Å². The highest BCUT2D eigenvalue weighted by Gasteiger charge is 2.59. The summed E-state index contributed by atoms with van der Waals surface area (Å²) in [5.41, 5.74) is -0.771. The lowest BCUT2D eigenvalue weighted by atomic mass is 9.81. The lowest BCUT2D eigenvalue weighted by molar-refractivity contribution is -0.222. The zero-order chi connectivity index (χ0) is 19.3. The van der Waals surface area contributed by atoms with E-state index in [1.165, 1.54) is 13.8 Å². The number of carbonyl (C=O) groups is 3. The fourth-order valence-electron chi connectivity index (χ4n) is 3.39. The van der Waals surface area contributed by atoms with E-state index in [2.05, 4.69) is 5.32 Å². The van der Waals surface area contributed by atoms with Crippen molar-refractivity contribution in [1.82, 2.24) is 5.32 Å². The highest BCUT2D eigenvalue weighted by molar-refractivity contribution is 5.73. The second-order valence-electron chi connectivity index (χ2n) is 6.85. The summed E-state index contributed by atoms with van der Waals surface area (Å²) in [5.74, 6) is -1.79. The first-order valence-electron chi connectivity index (χ1n) is 8.78. The number of fused-ring (bicyclic) bond motifs is 2. The molecule has 2 rings (SSSR count). The Hall–Kier alpha value is -1.71. The van der Waals surface area contributed by atoms with E-state index in [0.29, 0.717) is 19.4 Å². The number of hydrogen-bond acceptors (Lipinski definition) is 7. The SMILES string of the molecule is CC(=O)N[C@H]1[C@H]2OC[C@](COCCCCC(=O)O)(O2)[C@H](C)[C@@H]1OC(C)=O. The molecule has 0 aromatic heterocycles. The molecule has 2 N–H and O–H groups in total. The van der Waals surface area contributed by atoms with E-state index in [9.17, 15) is 14.4 Å². The van der Waals surface area contributed by atoms with E-state index in [4.69, 9.17) is 24.1 Å². The van der Waals surface area contributed by atoms with Crippen molar-refractivity contribution in [3.63, 3.8) is 0 Å². The summed E-state index contributed by atoms with van der Waals surface area (Å²) < 4.78 is 22.9. The van der Waals surface area contributed by atoms with Gasteiger partial charge in [-0.25, -0.2) is 0 Å². The minimum Gasteiger partial charge on any atom is -0.481 e. The molecule has 2 aliphatic rings. The Bertz CT molecular complexity index is 539. The average Bonchev–Trinajstić information content (AvgIpc) is 2.94. The average molecular weight is 373 g/mol. The van der Waals surface area contributed by atoms with E-state index < -0.39 is 36.0 Å². The van der Waals surface area contributed by atoms with Crippen LogP contribution in [0.15, 0.2) is 0 Å². The monoisotopic (exact) mass is 373 g/mol. The minimum atomic E-state index is -0.826. The van der Waals surface area contributed by atoms with E-state index >= 15 is 0 Å². The number of hydrogen-bond donors (Lipinski definition) is 2. The van der Waals surface area contributed by atoms with Crippen molar-refractivity contribution in [1.29, 1.82) is 0 Å². The van der Waals surface area contributed by atoms with Gasteiger partial charge in [0.05, 0.1) is 13.2 Å². The molecule has 0 spiro atoms. The van der Waals surface area contributed by atoms with Crippen molar-refractivity contribution in [3.8, 4) is 0 Å². The largest absolute Gasteiger partial charge is 0.481 e. The normalized spacial score (nSPS) is 32.9. The van der Waals surface area contributed by atoms with Crippen LogP contribution in [-0.4, -0.2) is 66.8 Å². The third-order valence-electron chi connectivity index (χ3n) is 4.76. The maximum absolute atomic E-state index is 11.5. The van der Waals surface area contributed by atoms with Crippen LogP contribution >= 0.6 is 0 Å². The molecule has 9 nitrogen and oxygen atoms in total. The van der Waals surface area contributed by atoms with Crippen LogP contribution in [0.25, 0.3) is 0 Å². The Balaban J connectivity index is 1.97. The standard InChI is InChI=1S/C17H27NO8/c1-10-15(25-12(3)20)14(18-11(2)19)16-24-9-17(10,26-16)8-23-7-5-4-6-13(21)22/h10,14-16H,4-9H2,1-3H3,(H,18,19)(H,21,22)/t10-,14-,15+,16+,17+/m1/s1. The highest BCUT2D eigenvalue weighted by atomic mass is 16.7. The first-order chi connectivity index (χ1) is 12.2. The molecule has 0 radical (unpaired) electrons. The van der Waals surface area contributed by atoms with E-state index in [-0.39, 0.29) is 31.5 Å². The lowest BCUT2D eigenvalue weighted by Gasteiger charge is -2.45. The smallest absolute Gasteiger partial charge is 0.303 e. The maximum Gasteiger partial charge on any atom is 0.303 e. The topological polar surface area (TPSA) is 120 Å². The fraction of sp³-hybridized carbons (Fsp3) is 0.824. The van der Waals surface area contributed by atoms with Crippen molar-refractivity contribution >= 4 is 17.8 Å². The molecule has 0 aromatic rings. The van der Waals surface area contributed by atoms with Gasteiger partial charge in [0.15, 0.2) is 6.29 Å². The van der Waals surface area contributed by atoms with Crippen molar-refractivity contribution in [2.24, 2.45) is 5.92 Å². The molecule has 148 valence electrons. The van der Waals surface area contributed by atoms with E-state index in [1.54, 1.807) is 0 Å². The number of ether oxygens (including phenoxy) is 4. The van der Waals surface area contributed by atoms with Crippen molar-refractivity contribution < 1.29 is 38.4 Å². The molecule has 0 aliphatic carbocycles. The van der Waals surface area contributed by atoms with Gasteiger partial charge in [-0.05, 0) is 12.8 Å². The summed E-state index contributed by atoms with van der Waals surface area (Å²) in [7, 11) is 0. The lowest BCUT2D eigenvalue weighted by Crippen LogP contribution is -2.63. The molecule has 2 bridgehead atoms. The third-order valence-corrected chi connectivity index (χ3v) is 4.76. The molecule has 2 fully saturated rings. The van der Waals surface area contributed by atoms with Crippen molar-refractivity contribution in [3.05, 3.63) is 0 Å². The predicted molar refractivity (Wildman–Crippen MR) is 88.2 cm³/mol. The molecule has 1 amide bonds. The van der Waals surface area contributed by atoms with Crippen LogP contribution in [0.3, 0.4) is 0 Å². The first kappa shape index (κ1) is 20.6. The number of carboxylic acid groups (broad SMARTS) is 1. The fourth-order valence-corrected chi connectivity index (χ4v) is 3.39. The summed E-state index contributed by atoms with van der Waals surface area (Å²) in [6.07, 6.45) is -0.0237. The Kier molecular flexibility index (Phi) is 6.96. The van der Waals surface area contributed by atoms with Crippen LogP contribution in [-0.2, 0) is 33.3 Å². The summed E-state index contributed by atoms with van der Waals surface area (Å²) in [6.45, 7) is 5.49. The molecule has 5 atom stereocenters. The molecule has 0 saturated carbocycles. The van der Waals surface area contributed by atoms with Crippen LogP contribution in [0, 0.1) is 5.92 Å². The second kappa shape index (κ2) is 8.79. The van der Waals surface area contributed by atoms with Gasteiger partial charge in [0.2, 0.25) is 5.91 Å². The van der Waals surface area contributed by atoms with Gasteiger partial charge in [0, 0.05) is 32.8 Å². The van der Waals surface area contributed by atoms with E-state index in [0.717, 1.165) is 0 Å². The Morgan fingerprint density at radius 3 is 2.62 bits per heavy atom. The predicted octanol–water partition coefficient (Wildman–Crippen LogP) is 0.456. The van der Waals surface area contributed by atoms with Crippen LogP contribution in [0.4, 0.5) is 0 Å². The summed E-state index contributed by atoms with van der Waals surface area (Å²) >= 11 is 0. The minimum absolute atomic E-state index is 0.111. The Morgan fingerprint density at radius 1 is 1.27 bits per heavy atom. The van der Waals surface area contributed by atoms with Crippen molar-refractivity contribution in [2.45, 2.75) is 64.1 Å². The van der Waals surface area contributed by atoms with Crippen molar-refractivity contribution in [2.75, 3.05) is 19.8 Å². The van der Waals surface area contributed by atoms with Gasteiger partial charge in [0.25, 0.3) is 0 Å². The zero-order valence-corrected chi connectivity index (χ0v) is 15.4. The van der Waals surface area contributed by atoms with Crippen LogP contribution in [0.2, 0.25) is 0 Å². The molecule has 2 heterocycles. The number of carboxylic acids is 1. The number of esters is 1. The molecule has 0 aromatic carbocycles. The van der Waals surface area contributed by atoms with Gasteiger partial charge < -0.3 is 29.4 Å². The van der Waals surface area contributed by atoms with Gasteiger partial charge in [-0.1, -0.05) is 6.92 Å². The van der Waals surface area contributed by atoms with Gasteiger partial charge in [-0.2, -0.15) is 0 Å². The number of amides is 1. The molecule has 0 unspecified atom stereocenters. The number of nitrogens with one attached hydrogen (secondary N) is 1. The first-order valence-corrected chi connectivity index (χ1v) is 8.78. The van der Waals surface area contributed by atoms with Crippen LogP contribution in [0.1, 0.15) is 40.0 Å². The van der Waals surface area contributed by atoms with Gasteiger partial charge in [-0.15, -0.1) is 0 Å². The molecular formula is C17H27NO8. The summed E-state index contributed by atoms with van der Waals surface area (Å²) in [6, 6.07) is -0.586. The summed E-state index contributed by atoms with van der Waals surface area (Å²) in [5, 5.41) is 11.4. The van der Waals surface area contributed by atoms with Crippen LogP contribution in [0.5, 0.6) is 0 Å². The number of carbonyl (C=O) groups excluding carboxylic acids is 2. The van der Waals surface area contributed by atoms with Crippen LogP contribution < -0.4 is 5.32 Å². The van der Waals surface area contributed by atoms with Gasteiger partial charge >= 0.3 is 11.9 Å². The third kappa shape index (κ3) is 4.93. The summed E-state index contributed by atoms with van der Waals surface area (Å²) in [4.78, 5) is 33.5. The molecule has 9 heteroatoms. The molecular weight excluding hydrogens is 346 g/mol. The number of unbranched alkanes of at least 4 members (excludes halogenated alkanes) is 1. The number of aliphatic carboxylic acids is 1. The molecule has 26 heavy (non-hydrogen) atoms. The quantitative estimate of drug-likeness (QED) is 0.442. The Morgan fingerprint density at radius 2 is 2.00 bits per heavy atom. The zero-order valence-electron chi connectivity index (χ0n) is 15.4. The molecule has 2 saturated heterocycles. The maximum atomic E-state index is 11.5. The molecule has 2 aliphatic heterocycles. The number of rotatable bonds is 9. The second-order valence-corrected chi connectivity index (χ2v) is 6.85. The van der Waals surface area contributed by atoms with E-state index in [1.807, 2.05) is 6.92 Å². The highest BCUT2D eigenvalue weighted by Crippen LogP contribution is 2.42. The van der Waals surface area contributed by atoms with Gasteiger partial charge in [0.1, 0.15) is 17.7 Å². The van der Waals surface area contributed by atoms with Gasteiger partial charge in [-0.3, -0.25) is 14.4 Å².